The fraction of sp³-hybridized carbons (Fsp3) is 0.235. The summed E-state index contributed by atoms with van der Waals surface area (Å²) >= 11 is 12.9. The molecular formula is C17H15Cl2N3O2. The van der Waals surface area contributed by atoms with E-state index in [4.69, 9.17) is 27.9 Å². The molecule has 1 aromatic carbocycles. The number of halogens is 2. The van der Waals surface area contributed by atoms with Gasteiger partial charge in [-0.1, -0.05) is 23.2 Å². The van der Waals surface area contributed by atoms with Crippen LogP contribution in [0.3, 0.4) is 0 Å². The summed E-state index contributed by atoms with van der Waals surface area (Å²) in [6.07, 6.45) is 1.68. The third kappa shape index (κ3) is 2.54. The number of hydrogen-bond acceptors (Lipinski definition) is 4. The Morgan fingerprint density at radius 3 is 2.54 bits per heavy atom. The van der Waals surface area contributed by atoms with Gasteiger partial charge < -0.3 is 4.74 Å². The van der Waals surface area contributed by atoms with E-state index in [0.717, 1.165) is 10.9 Å². The van der Waals surface area contributed by atoms with Gasteiger partial charge in [-0.3, -0.25) is 9.36 Å². The molecule has 2 aromatic heterocycles. The van der Waals surface area contributed by atoms with Gasteiger partial charge in [0.15, 0.2) is 0 Å². The lowest BCUT2D eigenvalue weighted by Crippen LogP contribution is -2.20. The highest BCUT2D eigenvalue weighted by Crippen LogP contribution is 2.41. The van der Waals surface area contributed by atoms with Crippen molar-refractivity contribution in [1.29, 1.82) is 0 Å². The van der Waals surface area contributed by atoms with Crippen molar-refractivity contribution in [2.45, 2.75) is 13.8 Å². The Morgan fingerprint density at radius 2 is 1.88 bits per heavy atom. The van der Waals surface area contributed by atoms with Gasteiger partial charge in [0, 0.05) is 24.2 Å². The zero-order valence-electron chi connectivity index (χ0n) is 13.6. The van der Waals surface area contributed by atoms with Crippen LogP contribution in [0, 0.1) is 13.8 Å². The quantitative estimate of drug-likeness (QED) is 0.692. The molecule has 124 valence electrons. The average Bonchev–Trinajstić information content (AvgIpc) is 2.56. The highest BCUT2D eigenvalue weighted by atomic mass is 35.5. The van der Waals surface area contributed by atoms with Gasteiger partial charge >= 0.3 is 0 Å². The molecule has 3 aromatic rings. The first kappa shape index (κ1) is 16.7. The molecule has 0 saturated heterocycles. The van der Waals surface area contributed by atoms with Gasteiger partial charge in [0.25, 0.3) is 5.56 Å². The van der Waals surface area contributed by atoms with E-state index >= 15 is 0 Å². The number of methoxy groups -OCH3 is 1. The smallest absolute Gasteiger partial charge is 0.259 e. The fourth-order valence-electron chi connectivity index (χ4n) is 2.64. The van der Waals surface area contributed by atoms with Crippen molar-refractivity contribution in [2.24, 2.45) is 7.05 Å². The highest BCUT2D eigenvalue weighted by Gasteiger charge is 2.20. The molecular weight excluding hydrogens is 349 g/mol. The maximum Gasteiger partial charge on any atom is 0.259 e. The SMILES string of the molecule is COc1cc(C)c(Cl)c(-c2cc3cnc(C)nc3n(C)c2=O)c1Cl. The summed E-state index contributed by atoms with van der Waals surface area (Å²) in [5, 5.41) is 1.45. The number of benzene rings is 1. The summed E-state index contributed by atoms with van der Waals surface area (Å²) in [5.74, 6) is 1.06. The van der Waals surface area contributed by atoms with Gasteiger partial charge in [0.05, 0.1) is 22.7 Å². The van der Waals surface area contributed by atoms with Gasteiger partial charge in [-0.05, 0) is 31.5 Å². The Kier molecular flexibility index (Phi) is 4.24. The van der Waals surface area contributed by atoms with Crippen molar-refractivity contribution in [3.8, 4) is 16.9 Å². The topological polar surface area (TPSA) is 57.0 Å². The number of aryl methyl sites for hydroxylation is 3. The summed E-state index contributed by atoms with van der Waals surface area (Å²) in [6, 6.07) is 3.45. The monoisotopic (exact) mass is 363 g/mol. The normalized spacial score (nSPS) is 11.1. The zero-order chi connectivity index (χ0) is 17.6. The van der Waals surface area contributed by atoms with E-state index in [-0.39, 0.29) is 5.56 Å². The van der Waals surface area contributed by atoms with E-state index < -0.39 is 0 Å². The molecule has 0 radical (unpaired) electrons. The molecule has 0 unspecified atom stereocenters. The van der Waals surface area contributed by atoms with Crippen molar-refractivity contribution in [3.63, 3.8) is 0 Å². The van der Waals surface area contributed by atoms with Gasteiger partial charge in [-0.25, -0.2) is 9.97 Å². The lowest BCUT2D eigenvalue weighted by Gasteiger charge is -2.15. The molecule has 0 aliphatic rings. The van der Waals surface area contributed by atoms with Crippen LogP contribution in [0.5, 0.6) is 5.75 Å². The highest BCUT2D eigenvalue weighted by molar-refractivity contribution is 6.40. The van der Waals surface area contributed by atoms with E-state index in [1.807, 2.05) is 6.92 Å². The second-order valence-corrected chi connectivity index (χ2v) is 6.27. The minimum absolute atomic E-state index is 0.239. The van der Waals surface area contributed by atoms with Gasteiger partial charge in [-0.2, -0.15) is 0 Å². The molecule has 0 bridgehead atoms. The third-order valence-corrected chi connectivity index (χ3v) is 4.77. The Labute approximate surface area is 148 Å². The summed E-state index contributed by atoms with van der Waals surface area (Å²) in [7, 11) is 3.18. The number of hydrogen-bond donors (Lipinski definition) is 0. The van der Waals surface area contributed by atoms with Crippen molar-refractivity contribution in [1.82, 2.24) is 14.5 Å². The fourth-order valence-corrected chi connectivity index (χ4v) is 3.26. The van der Waals surface area contributed by atoms with Crippen LogP contribution in [0.1, 0.15) is 11.4 Å². The lowest BCUT2D eigenvalue weighted by molar-refractivity contribution is 0.415. The predicted octanol–water partition coefficient (Wildman–Crippen LogP) is 3.93. The Bertz CT molecular complexity index is 1030. The number of pyridine rings is 1. The van der Waals surface area contributed by atoms with Crippen LogP contribution in [0.4, 0.5) is 0 Å². The van der Waals surface area contributed by atoms with E-state index in [9.17, 15) is 4.79 Å². The maximum absolute atomic E-state index is 12.9. The largest absolute Gasteiger partial charge is 0.495 e. The molecule has 2 heterocycles. The molecule has 0 aliphatic carbocycles. The van der Waals surface area contributed by atoms with Crippen molar-refractivity contribution >= 4 is 34.2 Å². The van der Waals surface area contributed by atoms with Crippen molar-refractivity contribution < 1.29 is 4.74 Å². The molecule has 0 saturated carbocycles. The Hall–Kier alpha value is -2.11. The molecule has 7 heteroatoms. The molecule has 0 amide bonds. The molecule has 0 atom stereocenters. The summed E-state index contributed by atoms with van der Waals surface area (Å²) in [5.41, 5.74) is 1.93. The minimum atomic E-state index is -0.239. The first-order chi connectivity index (χ1) is 11.3. The number of nitrogens with zero attached hydrogens (tertiary/aromatic N) is 3. The zero-order valence-corrected chi connectivity index (χ0v) is 15.2. The second-order valence-electron chi connectivity index (χ2n) is 5.52. The van der Waals surface area contributed by atoms with Crippen LogP contribution in [0.15, 0.2) is 23.1 Å². The van der Waals surface area contributed by atoms with Gasteiger partial charge in [-0.15, -0.1) is 0 Å². The number of ether oxygens (including phenoxy) is 1. The summed E-state index contributed by atoms with van der Waals surface area (Å²) < 4.78 is 6.77. The average molecular weight is 364 g/mol. The van der Waals surface area contributed by atoms with E-state index in [1.165, 1.54) is 11.7 Å². The molecule has 0 aliphatic heterocycles. The molecule has 24 heavy (non-hydrogen) atoms. The maximum atomic E-state index is 12.9. The predicted molar refractivity (Wildman–Crippen MR) is 96.3 cm³/mol. The van der Waals surface area contributed by atoms with E-state index in [0.29, 0.717) is 38.4 Å². The number of fused-ring (bicyclic) bond motifs is 1. The molecule has 0 N–H and O–H groups in total. The molecule has 3 rings (SSSR count). The van der Waals surface area contributed by atoms with Crippen LogP contribution >= 0.6 is 23.2 Å². The van der Waals surface area contributed by atoms with Crippen LogP contribution in [0.2, 0.25) is 10.0 Å². The third-order valence-electron chi connectivity index (χ3n) is 3.91. The Balaban J connectivity index is 2.44. The van der Waals surface area contributed by atoms with Gasteiger partial charge in [0.1, 0.15) is 17.2 Å². The standard InChI is InChI=1S/C17H15Cl2N3O2/c1-8-5-12(24-4)15(19)13(14(8)18)11-6-10-7-20-9(2)21-16(10)22(3)17(11)23/h5-7H,1-4H3. The summed E-state index contributed by atoms with van der Waals surface area (Å²) in [6.45, 7) is 3.61. The van der Waals surface area contributed by atoms with Crippen LogP contribution in [-0.2, 0) is 7.05 Å². The molecule has 0 spiro atoms. The van der Waals surface area contributed by atoms with Crippen LogP contribution in [0.25, 0.3) is 22.2 Å². The second kappa shape index (κ2) is 6.07. The molecule has 5 nitrogen and oxygen atoms in total. The van der Waals surface area contributed by atoms with E-state index in [2.05, 4.69) is 9.97 Å². The van der Waals surface area contributed by atoms with Crippen LogP contribution < -0.4 is 10.3 Å². The van der Waals surface area contributed by atoms with Gasteiger partial charge in [0.2, 0.25) is 0 Å². The van der Waals surface area contributed by atoms with Crippen molar-refractivity contribution in [2.75, 3.05) is 7.11 Å². The summed E-state index contributed by atoms with van der Waals surface area (Å²) in [4.78, 5) is 21.4. The molecule has 0 fully saturated rings. The number of rotatable bonds is 2. The Morgan fingerprint density at radius 1 is 1.17 bits per heavy atom. The first-order valence-electron chi connectivity index (χ1n) is 7.21. The van der Waals surface area contributed by atoms with Crippen molar-refractivity contribution in [3.05, 3.63) is 50.1 Å². The first-order valence-corrected chi connectivity index (χ1v) is 7.97. The van der Waals surface area contributed by atoms with Crippen LogP contribution in [-0.4, -0.2) is 21.6 Å². The van der Waals surface area contributed by atoms with E-state index in [1.54, 1.807) is 32.3 Å². The number of aromatic nitrogens is 3. The minimum Gasteiger partial charge on any atom is -0.495 e. The lowest BCUT2D eigenvalue weighted by atomic mass is 10.0.